The minimum absolute atomic E-state index is 0.170. The first kappa shape index (κ1) is 21.8. The second-order valence-corrected chi connectivity index (χ2v) is 7.43. The molecular formula is C22H24ClN3O4. The fraction of sp³-hybridized carbons (Fsp3) is 0.318. The molecule has 0 saturated carbocycles. The molecule has 1 aromatic heterocycles. The summed E-state index contributed by atoms with van der Waals surface area (Å²) in [5, 5.41) is 3.72. The highest BCUT2D eigenvalue weighted by Gasteiger charge is 2.13. The third kappa shape index (κ3) is 4.98. The van der Waals surface area contributed by atoms with E-state index in [1.54, 1.807) is 36.4 Å². The Morgan fingerprint density at radius 1 is 1.23 bits per heavy atom. The summed E-state index contributed by atoms with van der Waals surface area (Å²) in [6.07, 6.45) is 2.30. The van der Waals surface area contributed by atoms with Gasteiger partial charge in [0.15, 0.2) is 0 Å². The van der Waals surface area contributed by atoms with Crippen molar-refractivity contribution in [1.82, 2.24) is 14.9 Å². The first-order valence-electron chi connectivity index (χ1n) is 9.66. The van der Waals surface area contributed by atoms with Gasteiger partial charge in [0.05, 0.1) is 29.8 Å². The predicted octanol–water partition coefficient (Wildman–Crippen LogP) is 3.59. The highest BCUT2D eigenvalue weighted by Crippen LogP contribution is 2.25. The van der Waals surface area contributed by atoms with E-state index in [4.69, 9.17) is 21.1 Å². The molecular weight excluding hydrogens is 406 g/mol. The number of halogens is 1. The molecule has 0 aliphatic heterocycles. The molecule has 3 rings (SSSR count). The van der Waals surface area contributed by atoms with Crippen molar-refractivity contribution >= 4 is 28.4 Å². The number of nitrogens with zero attached hydrogens (tertiary/aromatic N) is 2. The molecule has 0 saturated heterocycles. The monoisotopic (exact) mass is 429 g/mol. The van der Waals surface area contributed by atoms with E-state index in [-0.39, 0.29) is 17.6 Å². The van der Waals surface area contributed by atoms with Gasteiger partial charge in [-0.05, 0) is 56.7 Å². The SMILES string of the molecule is COc1ccc(Cl)cc1-n1cnc2cc(C(=O)NCCCOC(C)C)ccc2c1=O. The fourth-order valence-electron chi connectivity index (χ4n) is 2.98. The van der Waals surface area contributed by atoms with Crippen molar-refractivity contribution < 1.29 is 14.3 Å². The van der Waals surface area contributed by atoms with Gasteiger partial charge in [0.1, 0.15) is 12.1 Å². The van der Waals surface area contributed by atoms with Crippen molar-refractivity contribution in [3.63, 3.8) is 0 Å². The molecule has 0 bridgehead atoms. The van der Waals surface area contributed by atoms with Gasteiger partial charge in [0.25, 0.3) is 11.5 Å². The van der Waals surface area contributed by atoms with Crippen molar-refractivity contribution in [3.05, 3.63) is 63.7 Å². The molecule has 158 valence electrons. The average molecular weight is 430 g/mol. The van der Waals surface area contributed by atoms with Crippen molar-refractivity contribution in [2.24, 2.45) is 0 Å². The van der Waals surface area contributed by atoms with E-state index in [1.807, 2.05) is 13.8 Å². The van der Waals surface area contributed by atoms with Gasteiger partial charge in [0, 0.05) is 23.7 Å². The molecule has 1 amide bonds. The lowest BCUT2D eigenvalue weighted by atomic mass is 10.1. The zero-order valence-electron chi connectivity index (χ0n) is 17.1. The Morgan fingerprint density at radius 2 is 2.03 bits per heavy atom. The number of rotatable bonds is 8. The number of amides is 1. The minimum Gasteiger partial charge on any atom is -0.495 e. The lowest BCUT2D eigenvalue weighted by Crippen LogP contribution is -2.26. The number of benzene rings is 2. The summed E-state index contributed by atoms with van der Waals surface area (Å²) >= 11 is 6.08. The minimum atomic E-state index is -0.279. The second kappa shape index (κ2) is 9.73. The number of methoxy groups -OCH3 is 1. The van der Waals surface area contributed by atoms with Gasteiger partial charge in [-0.1, -0.05) is 11.6 Å². The van der Waals surface area contributed by atoms with Crippen LogP contribution >= 0.6 is 11.6 Å². The number of fused-ring (bicyclic) bond motifs is 1. The first-order valence-corrected chi connectivity index (χ1v) is 10.0. The third-order valence-electron chi connectivity index (χ3n) is 4.48. The maximum Gasteiger partial charge on any atom is 0.265 e. The first-order chi connectivity index (χ1) is 14.4. The van der Waals surface area contributed by atoms with Crippen LogP contribution < -0.4 is 15.6 Å². The van der Waals surface area contributed by atoms with Crippen molar-refractivity contribution in [2.45, 2.75) is 26.4 Å². The van der Waals surface area contributed by atoms with E-state index in [0.29, 0.717) is 46.1 Å². The number of carbonyl (C=O) groups excluding carboxylic acids is 1. The molecule has 0 aliphatic rings. The summed E-state index contributed by atoms with van der Waals surface area (Å²) in [6, 6.07) is 9.84. The zero-order valence-corrected chi connectivity index (χ0v) is 17.9. The van der Waals surface area contributed by atoms with Crippen LogP contribution in [0, 0.1) is 0 Å². The molecule has 3 aromatic rings. The highest BCUT2D eigenvalue weighted by molar-refractivity contribution is 6.30. The Morgan fingerprint density at radius 3 is 2.77 bits per heavy atom. The molecule has 0 radical (unpaired) electrons. The number of aromatic nitrogens is 2. The Kier molecular flexibility index (Phi) is 7.07. The molecule has 0 fully saturated rings. The van der Waals surface area contributed by atoms with E-state index in [9.17, 15) is 9.59 Å². The molecule has 1 heterocycles. The molecule has 0 unspecified atom stereocenters. The lowest BCUT2D eigenvalue weighted by molar-refractivity contribution is 0.0757. The largest absolute Gasteiger partial charge is 0.495 e. The van der Waals surface area contributed by atoms with Crippen LogP contribution in [0.5, 0.6) is 5.75 Å². The number of ether oxygens (including phenoxy) is 2. The second-order valence-electron chi connectivity index (χ2n) is 7.00. The van der Waals surface area contributed by atoms with Crippen LogP contribution in [-0.2, 0) is 4.74 Å². The van der Waals surface area contributed by atoms with Gasteiger partial charge in [-0.3, -0.25) is 14.2 Å². The highest BCUT2D eigenvalue weighted by atomic mass is 35.5. The summed E-state index contributed by atoms with van der Waals surface area (Å²) in [7, 11) is 1.52. The van der Waals surface area contributed by atoms with Crippen LogP contribution in [0.15, 0.2) is 47.5 Å². The molecule has 2 aromatic carbocycles. The summed E-state index contributed by atoms with van der Waals surface area (Å²) in [4.78, 5) is 29.7. The topological polar surface area (TPSA) is 82.5 Å². The number of hydrogen-bond acceptors (Lipinski definition) is 5. The fourth-order valence-corrected chi connectivity index (χ4v) is 3.15. The van der Waals surface area contributed by atoms with Gasteiger partial charge < -0.3 is 14.8 Å². The van der Waals surface area contributed by atoms with E-state index in [1.165, 1.54) is 18.0 Å². The van der Waals surface area contributed by atoms with Crippen LogP contribution in [0.1, 0.15) is 30.6 Å². The maximum atomic E-state index is 13.0. The van der Waals surface area contributed by atoms with Crippen LogP contribution in [0.4, 0.5) is 0 Å². The molecule has 0 atom stereocenters. The Hall–Kier alpha value is -2.90. The van der Waals surface area contributed by atoms with E-state index in [2.05, 4.69) is 10.3 Å². The summed E-state index contributed by atoms with van der Waals surface area (Å²) < 4.78 is 12.2. The van der Waals surface area contributed by atoms with E-state index < -0.39 is 0 Å². The average Bonchev–Trinajstić information content (AvgIpc) is 2.73. The third-order valence-corrected chi connectivity index (χ3v) is 4.71. The summed E-state index contributed by atoms with van der Waals surface area (Å²) in [5.41, 5.74) is 1.10. The maximum absolute atomic E-state index is 13.0. The van der Waals surface area contributed by atoms with E-state index in [0.717, 1.165) is 6.42 Å². The molecule has 7 nitrogen and oxygen atoms in total. The van der Waals surface area contributed by atoms with Gasteiger partial charge >= 0.3 is 0 Å². The van der Waals surface area contributed by atoms with Crippen LogP contribution in [-0.4, -0.2) is 41.8 Å². The summed E-state index contributed by atoms with van der Waals surface area (Å²) in [5.74, 6) is 0.282. The Bertz CT molecular complexity index is 1110. The van der Waals surface area contributed by atoms with Gasteiger partial charge in [-0.2, -0.15) is 0 Å². The molecule has 0 spiro atoms. The predicted molar refractivity (Wildman–Crippen MR) is 117 cm³/mol. The van der Waals surface area contributed by atoms with Crippen LogP contribution in [0.25, 0.3) is 16.6 Å². The van der Waals surface area contributed by atoms with Gasteiger partial charge in [-0.25, -0.2) is 4.98 Å². The van der Waals surface area contributed by atoms with Crippen LogP contribution in [0.2, 0.25) is 5.02 Å². The molecule has 1 N–H and O–H groups in total. The Labute approximate surface area is 179 Å². The normalized spacial score (nSPS) is 11.1. The van der Waals surface area contributed by atoms with Crippen molar-refractivity contribution in [2.75, 3.05) is 20.3 Å². The Balaban J connectivity index is 1.82. The summed E-state index contributed by atoms with van der Waals surface area (Å²) in [6.45, 7) is 5.03. The standard InChI is InChI=1S/C22H24ClN3O4/c1-14(2)30-10-4-9-24-21(27)15-5-7-17-18(11-15)25-13-26(22(17)28)19-12-16(23)6-8-20(19)29-3/h5-8,11-14H,4,9-10H2,1-3H3,(H,24,27). The lowest BCUT2D eigenvalue weighted by Gasteiger charge is -2.12. The van der Waals surface area contributed by atoms with Crippen molar-refractivity contribution in [1.29, 1.82) is 0 Å². The van der Waals surface area contributed by atoms with Crippen molar-refractivity contribution in [3.8, 4) is 11.4 Å². The number of nitrogens with one attached hydrogen (secondary N) is 1. The molecule has 8 heteroatoms. The zero-order chi connectivity index (χ0) is 21.7. The van der Waals surface area contributed by atoms with E-state index >= 15 is 0 Å². The smallest absolute Gasteiger partial charge is 0.265 e. The quantitative estimate of drug-likeness (QED) is 0.553. The molecule has 0 aliphatic carbocycles. The van der Waals surface area contributed by atoms with Gasteiger partial charge in [-0.15, -0.1) is 0 Å². The van der Waals surface area contributed by atoms with Crippen LogP contribution in [0.3, 0.4) is 0 Å². The van der Waals surface area contributed by atoms with Gasteiger partial charge in [0.2, 0.25) is 0 Å². The molecule has 30 heavy (non-hydrogen) atoms. The number of carbonyl (C=O) groups is 1. The number of hydrogen-bond donors (Lipinski definition) is 1.